The standard InChI is InChI=1S/C26H42O4S8/c1-19(2)25(27)29-5-7-31-11-21-15-37-23(17-35-21)13-33-9-10-34-14-24-18-36-22(16-38-24)12-32-8-6-30-26(28)20(3)4/h21-24H,1,3,5-18H2,2,4H3. The zero-order valence-corrected chi connectivity index (χ0v) is 29.1. The molecule has 0 aromatic rings. The van der Waals surface area contributed by atoms with E-state index in [4.69, 9.17) is 9.47 Å². The number of rotatable bonds is 19. The molecule has 2 heterocycles. The van der Waals surface area contributed by atoms with Crippen LogP contribution in [-0.2, 0) is 19.1 Å². The molecular weight excluding hydrogens is 633 g/mol. The van der Waals surface area contributed by atoms with Crippen molar-refractivity contribution in [3.8, 4) is 0 Å². The summed E-state index contributed by atoms with van der Waals surface area (Å²) in [5.74, 6) is 13.5. The number of ether oxygens (including phenoxy) is 2. The number of carbonyl (C=O) groups is 2. The van der Waals surface area contributed by atoms with Gasteiger partial charge in [-0.15, -0.1) is 0 Å². The predicted molar refractivity (Wildman–Crippen MR) is 186 cm³/mol. The van der Waals surface area contributed by atoms with Gasteiger partial charge in [0.15, 0.2) is 0 Å². The van der Waals surface area contributed by atoms with Crippen LogP contribution in [0, 0.1) is 0 Å². The first-order valence-electron chi connectivity index (χ1n) is 12.8. The van der Waals surface area contributed by atoms with Gasteiger partial charge in [-0.3, -0.25) is 0 Å². The van der Waals surface area contributed by atoms with E-state index < -0.39 is 0 Å². The van der Waals surface area contributed by atoms with Gasteiger partial charge in [-0.1, -0.05) is 13.2 Å². The van der Waals surface area contributed by atoms with Crippen molar-refractivity contribution in [2.75, 3.05) is 82.2 Å². The average molecular weight is 675 g/mol. The molecule has 0 N–H and O–H groups in total. The molecule has 0 aromatic carbocycles. The molecule has 2 aliphatic rings. The van der Waals surface area contributed by atoms with Crippen molar-refractivity contribution in [3.05, 3.63) is 24.3 Å². The molecule has 0 amide bonds. The maximum atomic E-state index is 11.4. The van der Waals surface area contributed by atoms with E-state index in [1.54, 1.807) is 13.8 Å². The largest absolute Gasteiger partial charge is 0.461 e. The van der Waals surface area contributed by atoms with Crippen molar-refractivity contribution in [3.63, 3.8) is 0 Å². The summed E-state index contributed by atoms with van der Waals surface area (Å²) < 4.78 is 10.3. The van der Waals surface area contributed by atoms with Gasteiger partial charge in [0.05, 0.1) is 0 Å². The molecule has 0 aliphatic carbocycles. The smallest absolute Gasteiger partial charge is 0.333 e. The highest BCUT2D eigenvalue weighted by Crippen LogP contribution is 2.35. The third kappa shape index (κ3) is 16.6. The Bertz CT molecular complexity index is 662. The Labute approximate surface area is 264 Å². The Balaban J connectivity index is 1.36. The van der Waals surface area contributed by atoms with Gasteiger partial charge in [0.25, 0.3) is 0 Å². The number of carbonyl (C=O) groups excluding carboxylic acids is 2. The van der Waals surface area contributed by atoms with E-state index in [1.807, 2.05) is 23.5 Å². The molecule has 38 heavy (non-hydrogen) atoms. The van der Waals surface area contributed by atoms with E-state index in [2.05, 4.69) is 83.7 Å². The minimum atomic E-state index is -0.281. The van der Waals surface area contributed by atoms with Crippen LogP contribution in [0.15, 0.2) is 24.3 Å². The summed E-state index contributed by atoms with van der Waals surface area (Å²) in [7, 11) is 0. The lowest BCUT2D eigenvalue weighted by Gasteiger charge is -2.28. The summed E-state index contributed by atoms with van der Waals surface area (Å²) in [6, 6.07) is 0. The van der Waals surface area contributed by atoms with Crippen molar-refractivity contribution >= 4 is 106 Å². The van der Waals surface area contributed by atoms with Crippen molar-refractivity contribution in [1.29, 1.82) is 0 Å². The van der Waals surface area contributed by atoms with E-state index in [9.17, 15) is 9.59 Å². The van der Waals surface area contributed by atoms with Crippen LogP contribution in [0.5, 0.6) is 0 Å². The van der Waals surface area contributed by atoms with Gasteiger partial charge in [-0.2, -0.15) is 94.1 Å². The van der Waals surface area contributed by atoms with Crippen LogP contribution in [0.2, 0.25) is 0 Å². The van der Waals surface area contributed by atoms with E-state index in [-0.39, 0.29) is 11.9 Å². The molecule has 0 aromatic heterocycles. The van der Waals surface area contributed by atoms with Crippen LogP contribution in [0.1, 0.15) is 13.8 Å². The van der Waals surface area contributed by atoms with Gasteiger partial charge < -0.3 is 9.47 Å². The highest BCUT2D eigenvalue weighted by atomic mass is 32.2. The molecule has 4 unspecified atom stereocenters. The first kappa shape index (κ1) is 35.4. The predicted octanol–water partition coefficient (Wildman–Crippen LogP) is 6.59. The fraction of sp³-hybridized carbons (Fsp3) is 0.769. The van der Waals surface area contributed by atoms with Crippen molar-refractivity contribution in [1.82, 2.24) is 0 Å². The summed E-state index contributed by atoms with van der Waals surface area (Å²) in [4.78, 5) is 22.8. The molecule has 0 spiro atoms. The zero-order valence-electron chi connectivity index (χ0n) is 22.5. The molecule has 218 valence electrons. The van der Waals surface area contributed by atoms with Crippen LogP contribution in [-0.4, -0.2) is 115 Å². The van der Waals surface area contributed by atoms with Crippen molar-refractivity contribution in [2.24, 2.45) is 0 Å². The van der Waals surface area contributed by atoms with Crippen LogP contribution in [0.25, 0.3) is 0 Å². The Morgan fingerprint density at radius 3 is 1.16 bits per heavy atom. The maximum absolute atomic E-state index is 11.4. The topological polar surface area (TPSA) is 52.6 Å². The van der Waals surface area contributed by atoms with Crippen LogP contribution in [0.3, 0.4) is 0 Å². The van der Waals surface area contributed by atoms with Gasteiger partial charge in [-0.05, 0) is 13.8 Å². The monoisotopic (exact) mass is 674 g/mol. The van der Waals surface area contributed by atoms with Crippen LogP contribution >= 0.6 is 94.1 Å². The fourth-order valence-electron chi connectivity index (χ4n) is 3.16. The highest BCUT2D eigenvalue weighted by molar-refractivity contribution is 8.10. The molecule has 2 rings (SSSR count). The summed E-state index contributed by atoms with van der Waals surface area (Å²) in [6.07, 6.45) is 0. The molecule has 2 saturated heterocycles. The van der Waals surface area contributed by atoms with E-state index in [0.717, 1.165) is 33.5 Å². The highest BCUT2D eigenvalue weighted by Gasteiger charge is 2.23. The van der Waals surface area contributed by atoms with Gasteiger partial charge in [0, 0.05) is 101 Å². The molecule has 0 radical (unpaired) electrons. The Morgan fingerprint density at radius 1 is 0.605 bits per heavy atom. The van der Waals surface area contributed by atoms with Crippen molar-refractivity contribution < 1.29 is 19.1 Å². The summed E-state index contributed by atoms with van der Waals surface area (Å²) in [6.45, 7) is 11.5. The second-order valence-corrected chi connectivity index (χ2v) is 18.9. The minimum absolute atomic E-state index is 0.281. The second kappa shape index (κ2) is 21.9. The molecule has 2 fully saturated rings. The number of esters is 2. The SMILES string of the molecule is C=C(C)C(=O)OCCSCC1CSC(CSCCSCC2CSC(CSCCOC(=O)C(=C)C)CS2)CS1. The first-order valence-corrected chi connectivity index (χ1v) is 21.6. The molecule has 0 bridgehead atoms. The molecule has 12 heteroatoms. The quantitative estimate of drug-likeness (QED) is 0.0844. The minimum Gasteiger partial charge on any atom is -0.461 e. The molecule has 4 nitrogen and oxygen atoms in total. The number of hydrogen-bond acceptors (Lipinski definition) is 12. The van der Waals surface area contributed by atoms with Gasteiger partial charge in [0.1, 0.15) is 13.2 Å². The van der Waals surface area contributed by atoms with Gasteiger partial charge in [0.2, 0.25) is 0 Å². The summed E-state index contributed by atoms with van der Waals surface area (Å²) >= 11 is 16.6. The Hall–Kier alpha value is 1.22. The molecule has 4 atom stereocenters. The lowest BCUT2D eigenvalue weighted by atomic mass is 10.4. The van der Waals surface area contributed by atoms with Crippen LogP contribution < -0.4 is 0 Å². The zero-order chi connectivity index (χ0) is 27.6. The van der Waals surface area contributed by atoms with Crippen LogP contribution in [0.4, 0.5) is 0 Å². The van der Waals surface area contributed by atoms with E-state index >= 15 is 0 Å². The van der Waals surface area contributed by atoms with Gasteiger partial charge in [-0.25, -0.2) is 9.59 Å². The maximum Gasteiger partial charge on any atom is 0.333 e. The molecule has 2 aliphatic heterocycles. The Morgan fingerprint density at radius 2 is 0.895 bits per heavy atom. The van der Waals surface area contributed by atoms with E-state index in [1.165, 1.54) is 46.0 Å². The lowest BCUT2D eigenvalue weighted by molar-refractivity contribution is -0.139. The fourth-order valence-corrected chi connectivity index (χ4v) is 14.9. The summed E-state index contributed by atoms with van der Waals surface area (Å²) in [5, 5.41) is 3.00. The Kier molecular flexibility index (Phi) is 20.4. The summed E-state index contributed by atoms with van der Waals surface area (Å²) in [5.41, 5.74) is 0.940. The molecular formula is C26H42O4S8. The number of hydrogen-bond donors (Lipinski definition) is 0. The average Bonchev–Trinajstić information content (AvgIpc) is 2.91. The second-order valence-electron chi connectivity index (χ2n) is 8.95. The third-order valence-electron chi connectivity index (χ3n) is 5.28. The number of thioether (sulfide) groups is 8. The van der Waals surface area contributed by atoms with E-state index in [0.29, 0.717) is 34.9 Å². The first-order chi connectivity index (χ1) is 18.3. The lowest BCUT2D eigenvalue weighted by Crippen LogP contribution is -2.25. The van der Waals surface area contributed by atoms with Crippen molar-refractivity contribution in [2.45, 2.75) is 34.8 Å². The normalized spacial score (nSPS) is 23.5. The van der Waals surface area contributed by atoms with Gasteiger partial charge >= 0.3 is 11.9 Å². The third-order valence-corrected chi connectivity index (χ3v) is 17.3. The molecule has 0 saturated carbocycles.